The summed E-state index contributed by atoms with van der Waals surface area (Å²) in [5.74, 6) is -0.823. The second-order valence-corrected chi connectivity index (χ2v) is 8.74. The molecule has 5 nitrogen and oxygen atoms in total. The number of hydrogen-bond acceptors (Lipinski definition) is 4. The molecule has 2 aliphatic rings. The van der Waals surface area contributed by atoms with E-state index in [2.05, 4.69) is 5.32 Å². The first-order chi connectivity index (χ1) is 16.5. The molecule has 1 amide bonds. The Kier molecular flexibility index (Phi) is 5.50. The number of benzene rings is 3. The zero-order valence-electron chi connectivity index (χ0n) is 18.8. The molecule has 3 aromatic carbocycles. The van der Waals surface area contributed by atoms with Gasteiger partial charge in [-0.25, -0.2) is 4.79 Å². The Labute approximate surface area is 203 Å². The average molecular weight is 471 g/mol. The molecule has 1 atom stereocenters. The number of carbonyl (C=O) groups is 2. The Hall–Kier alpha value is -3.83. The number of esters is 1. The van der Waals surface area contributed by atoms with Gasteiger partial charge in [-0.1, -0.05) is 78.3 Å². The monoisotopic (exact) mass is 470 g/mol. The van der Waals surface area contributed by atoms with Gasteiger partial charge in [0.15, 0.2) is 0 Å². The molecular formula is C28H23ClN2O3. The van der Waals surface area contributed by atoms with E-state index in [1.807, 2.05) is 96.8 Å². The molecule has 2 aliphatic heterocycles. The number of carbonyl (C=O) groups excluding carboxylic acids is 2. The van der Waals surface area contributed by atoms with E-state index in [4.69, 9.17) is 16.3 Å². The Morgan fingerprint density at radius 2 is 1.68 bits per heavy atom. The Bertz CT molecular complexity index is 1360. The number of halogens is 1. The second kappa shape index (κ2) is 8.50. The molecule has 0 aliphatic carbocycles. The summed E-state index contributed by atoms with van der Waals surface area (Å²) in [6.45, 7) is 2.28. The van der Waals surface area contributed by atoms with Gasteiger partial charge in [0, 0.05) is 28.6 Å². The molecule has 0 unspecified atom stereocenters. The fourth-order valence-corrected chi connectivity index (χ4v) is 5.08. The minimum Gasteiger partial charge on any atom is -0.466 e. The van der Waals surface area contributed by atoms with Crippen molar-refractivity contribution in [3.05, 3.63) is 118 Å². The van der Waals surface area contributed by atoms with Crippen molar-refractivity contribution in [2.24, 2.45) is 0 Å². The second-order valence-electron chi connectivity index (χ2n) is 8.33. The van der Waals surface area contributed by atoms with Gasteiger partial charge in [0.1, 0.15) is 5.41 Å². The lowest BCUT2D eigenvalue weighted by molar-refractivity contribution is -0.138. The highest BCUT2D eigenvalue weighted by atomic mass is 35.5. The Balaban J connectivity index is 1.80. The highest BCUT2D eigenvalue weighted by Gasteiger charge is 2.54. The summed E-state index contributed by atoms with van der Waals surface area (Å²) in [5, 5.41) is 3.60. The number of para-hydroxylation sites is 1. The van der Waals surface area contributed by atoms with Gasteiger partial charge in [-0.2, -0.15) is 0 Å². The fraction of sp³-hybridized carbons (Fsp3) is 0.143. The summed E-state index contributed by atoms with van der Waals surface area (Å²) >= 11 is 6.50. The third-order valence-corrected chi connectivity index (χ3v) is 6.88. The highest BCUT2D eigenvalue weighted by molar-refractivity contribution is 6.31. The fourth-order valence-electron chi connectivity index (χ4n) is 4.89. The number of rotatable bonds is 4. The Morgan fingerprint density at radius 1 is 1.00 bits per heavy atom. The number of nitrogens with zero attached hydrogens (tertiary/aromatic N) is 1. The maximum absolute atomic E-state index is 13.6. The molecule has 34 heavy (non-hydrogen) atoms. The van der Waals surface area contributed by atoms with Gasteiger partial charge in [-0.05, 0) is 41.8 Å². The van der Waals surface area contributed by atoms with Crippen LogP contribution in [-0.2, 0) is 26.3 Å². The predicted molar refractivity (Wildman–Crippen MR) is 133 cm³/mol. The topological polar surface area (TPSA) is 58.6 Å². The van der Waals surface area contributed by atoms with Crippen LogP contribution in [0.4, 0.5) is 5.69 Å². The van der Waals surface area contributed by atoms with E-state index >= 15 is 0 Å². The van der Waals surface area contributed by atoms with Gasteiger partial charge in [0.05, 0.1) is 12.7 Å². The van der Waals surface area contributed by atoms with Gasteiger partial charge < -0.3 is 15.0 Å². The SMILES string of the molecule is COC(=O)C1=C(C)N(Cc2ccccc2Cl)C(c2ccccc2)=C[C@]12C(=O)Nc1ccccc12. The lowest BCUT2D eigenvalue weighted by Gasteiger charge is -2.40. The zero-order chi connectivity index (χ0) is 23.9. The van der Waals surface area contributed by atoms with E-state index < -0.39 is 11.4 Å². The molecular weight excluding hydrogens is 448 g/mol. The summed E-state index contributed by atoms with van der Waals surface area (Å²) < 4.78 is 5.21. The average Bonchev–Trinajstić information content (AvgIpc) is 3.13. The van der Waals surface area contributed by atoms with Crippen LogP contribution in [0.25, 0.3) is 5.70 Å². The quantitative estimate of drug-likeness (QED) is 0.509. The number of anilines is 1. The van der Waals surface area contributed by atoms with Crippen molar-refractivity contribution in [3.8, 4) is 0 Å². The van der Waals surface area contributed by atoms with Crippen LogP contribution < -0.4 is 5.32 Å². The van der Waals surface area contributed by atoms with E-state index in [1.54, 1.807) is 0 Å². The number of fused-ring (bicyclic) bond motifs is 2. The number of amides is 1. The molecule has 1 spiro atoms. The summed E-state index contributed by atoms with van der Waals surface area (Å²) in [6, 6.07) is 24.9. The van der Waals surface area contributed by atoms with Crippen LogP contribution in [0.15, 0.2) is 96.2 Å². The first-order valence-corrected chi connectivity index (χ1v) is 11.3. The summed E-state index contributed by atoms with van der Waals surface area (Å²) in [4.78, 5) is 28.9. The number of nitrogens with one attached hydrogen (secondary N) is 1. The van der Waals surface area contributed by atoms with E-state index in [0.717, 1.165) is 22.4 Å². The van der Waals surface area contributed by atoms with Gasteiger partial charge in [0.25, 0.3) is 0 Å². The van der Waals surface area contributed by atoms with Crippen LogP contribution in [0.3, 0.4) is 0 Å². The van der Waals surface area contributed by atoms with Crippen molar-refractivity contribution in [3.63, 3.8) is 0 Å². The van der Waals surface area contributed by atoms with Crippen LogP contribution in [0, 0.1) is 0 Å². The van der Waals surface area contributed by atoms with E-state index in [-0.39, 0.29) is 5.91 Å². The summed E-state index contributed by atoms with van der Waals surface area (Å²) in [7, 11) is 1.34. The number of ether oxygens (including phenoxy) is 1. The smallest absolute Gasteiger partial charge is 0.337 e. The molecule has 0 radical (unpaired) electrons. The molecule has 0 saturated carbocycles. The lowest BCUT2D eigenvalue weighted by Crippen LogP contribution is -2.44. The molecule has 1 N–H and O–H groups in total. The first kappa shape index (κ1) is 22.0. The molecule has 0 saturated heterocycles. The van der Waals surface area contributed by atoms with Crippen LogP contribution in [0.2, 0.25) is 5.02 Å². The predicted octanol–water partition coefficient (Wildman–Crippen LogP) is 5.53. The zero-order valence-corrected chi connectivity index (χ0v) is 19.6. The van der Waals surface area contributed by atoms with Crippen molar-refractivity contribution in [2.45, 2.75) is 18.9 Å². The van der Waals surface area contributed by atoms with E-state index in [1.165, 1.54) is 7.11 Å². The minimum atomic E-state index is -1.31. The number of methoxy groups -OCH3 is 1. The minimum absolute atomic E-state index is 0.278. The van der Waals surface area contributed by atoms with E-state index in [9.17, 15) is 9.59 Å². The van der Waals surface area contributed by atoms with Crippen LogP contribution in [0.5, 0.6) is 0 Å². The van der Waals surface area contributed by atoms with Crippen LogP contribution >= 0.6 is 11.6 Å². The van der Waals surface area contributed by atoms with Crippen LogP contribution in [-0.4, -0.2) is 23.9 Å². The van der Waals surface area contributed by atoms with Crippen molar-refractivity contribution >= 4 is 34.9 Å². The normalized spacial score (nSPS) is 19.1. The molecule has 5 rings (SSSR count). The van der Waals surface area contributed by atoms with Crippen molar-refractivity contribution < 1.29 is 14.3 Å². The largest absolute Gasteiger partial charge is 0.466 e. The molecule has 0 aromatic heterocycles. The third kappa shape index (κ3) is 3.32. The molecule has 0 bridgehead atoms. The third-order valence-electron chi connectivity index (χ3n) is 6.51. The van der Waals surface area contributed by atoms with Gasteiger partial charge >= 0.3 is 5.97 Å². The maximum atomic E-state index is 13.6. The summed E-state index contributed by atoms with van der Waals surface area (Å²) in [5.41, 5.74) is 3.68. The molecule has 170 valence electrons. The lowest BCUT2D eigenvalue weighted by atomic mass is 9.71. The van der Waals surface area contributed by atoms with Gasteiger partial charge in [0.2, 0.25) is 5.91 Å². The van der Waals surface area contributed by atoms with Gasteiger partial charge in [-0.15, -0.1) is 0 Å². The Morgan fingerprint density at radius 3 is 2.41 bits per heavy atom. The van der Waals surface area contributed by atoms with E-state index in [0.29, 0.717) is 28.5 Å². The maximum Gasteiger partial charge on any atom is 0.337 e. The van der Waals surface area contributed by atoms with Crippen molar-refractivity contribution in [1.82, 2.24) is 4.90 Å². The highest BCUT2D eigenvalue weighted by Crippen LogP contribution is 2.51. The first-order valence-electron chi connectivity index (χ1n) is 11.0. The van der Waals surface area contributed by atoms with Crippen molar-refractivity contribution in [2.75, 3.05) is 12.4 Å². The number of hydrogen-bond donors (Lipinski definition) is 1. The summed E-state index contributed by atoms with van der Waals surface area (Å²) in [6.07, 6.45) is 1.89. The molecule has 6 heteroatoms. The molecule has 3 aromatic rings. The van der Waals surface area contributed by atoms with Crippen molar-refractivity contribution in [1.29, 1.82) is 0 Å². The van der Waals surface area contributed by atoms with Gasteiger partial charge in [-0.3, -0.25) is 4.79 Å². The van der Waals surface area contributed by atoms with Crippen LogP contribution in [0.1, 0.15) is 23.6 Å². The molecule has 2 heterocycles. The number of allylic oxidation sites excluding steroid dienone is 1. The standard InChI is InChI=1S/C28H23ClN2O3/c1-18-25(26(32)34-2)28(21-13-7-9-15-23(21)30-27(28)33)16-24(19-10-4-3-5-11-19)31(18)17-20-12-6-8-14-22(20)29/h3-16H,17H2,1-2H3,(H,30,33)/t28-/m1/s1. The molecule has 0 fully saturated rings.